The minimum atomic E-state index is -0.712. The molecule has 0 atom stereocenters. The third kappa shape index (κ3) is 4.63. The second-order valence-electron chi connectivity index (χ2n) is 5.67. The quantitative estimate of drug-likeness (QED) is 0.702. The summed E-state index contributed by atoms with van der Waals surface area (Å²) in [4.78, 5) is 16.3. The fourth-order valence-corrected chi connectivity index (χ4v) is 2.43. The predicted molar refractivity (Wildman–Crippen MR) is 96.4 cm³/mol. The number of hydrogen-bond donors (Lipinski definition) is 2. The van der Waals surface area contributed by atoms with Gasteiger partial charge in [-0.15, -0.1) is 0 Å². The molecule has 132 valence electrons. The lowest BCUT2D eigenvalue weighted by molar-refractivity contribution is 0.0949. The summed E-state index contributed by atoms with van der Waals surface area (Å²) in [6, 6.07) is 16.2. The van der Waals surface area contributed by atoms with Crippen molar-refractivity contribution in [3.8, 4) is 0 Å². The Morgan fingerprint density at radius 3 is 2.58 bits per heavy atom. The number of nitrogens with zero attached hydrogens (tertiary/aromatic N) is 1. The van der Waals surface area contributed by atoms with Crippen molar-refractivity contribution in [1.29, 1.82) is 0 Å². The van der Waals surface area contributed by atoms with E-state index in [9.17, 15) is 13.6 Å². The Morgan fingerprint density at radius 1 is 1.00 bits per heavy atom. The molecule has 0 spiro atoms. The van der Waals surface area contributed by atoms with E-state index in [-0.39, 0.29) is 17.3 Å². The SMILES string of the molecule is O=C(NCCc1ccccc1)c1cc(Nc2ccc(F)cc2F)ccn1. The van der Waals surface area contributed by atoms with Crippen LogP contribution in [0.5, 0.6) is 0 Å². The van der Waals surface area contributed by atoms with Crippen molar-refractivity contribution in [3.63, 3.8) is 0 Å². The van der Waals surface area contributed by atoms with Crippen LogP contribution in [0.4, 0.5) is 20.2 Å². The summed E-state index contributed by atoms with van der Waals surface area (Å²) in [5.74, 6) is -1.68. The minimum Gasteiger partial charge on any atom is -0.353 e. The standard InChI is InChI=1S/C20H17F2N3O/c21-15-6-7-18(17(22)12-15)25-16-9-11-23-19(13-16)20(26)24-10-8-14-4-2-1-3-5-14/h1-7,9,11-13H,8,10H2,(H,23,25)(H,24,26). The summed E-state index contributed by atoms with van der Waals surface area (Å²) in [6.07, 6.45) is 2.17. The zero-order valence-electron chi connectivity index (χ0n) is 13.9. The Kier molecular flexibility index (Phi) is 5.53. The number of amides is 1. The average molecular weight is 353 g/mol. The lowest BCUT2D eigenvalue weighted by atomic mass is 10.1. The van der Waals surface area contributed by atoms with Crippen molar-refractivity contribution in [3.05, 3.63) is 89.8 Å². The Morgan fingerprint density at radius 2 is 1.81 bits per heavy atom. The third-order valence-corrected chi connectivity index (χ3v) is 3.74. The lowest BCUT2D eigenvalue weighted by Gasteiger charge is -2.09. The number of benzene rings is 2. The van der Waals surface area contributed by atoms with E-state index in [1.807, 2.05) is 30.3 Å². The van der Waals surface area contributed by atoms with Crippen LogP contribution in [0.2, 0.25) is 0 Å². The number of rotatable bonds is 6. The number of anilines is 2. The van der Waals surface area contributed by atoms with Crippen LogP contribution in [0.3, 0.4) is 0 Å². The van der Waals surface area contributed by atoms with Crippen LogP contribution >= 0.6 is 0 Å². The van der Waals surface area contributed by atoms with Gasteiger partial charge in [-0.25, -0.2) is 8.78 Å². The van der Waals surface area contributed by atoms with Crippen molar-refractivity contribution in [2.24, 2.45) is 0 Å². The number of aromatic nitrogens is 1. The van der Waals surface area contributed by atoms with E-state index in [2.05, 4.69) is 15.6 Å². The summed E-state index contributed by atoms with van der Waals surface area (Å²) in [5.41, 5.74) is 1.94. The maximum Gasteiger partial charge on any atom is 0.269 e. The van der Waals surface area contributed by atoms with Crippen molar-refractivity contribution < 1.29 is 13.6 Å². The van der Waals surface area contributed by atoms with Gasteiger partial charge in [-0.05, 0) is 36.2 Å². The average Bonchev–Trinajstić information content (AvgIpc) is 2.65. The van der Waals surface area contributed by atoms with Crippen LogP contribution in [-0.2, 0) is 6.42 Å². The molecule has 26 heavy (non-hydrogen) atoms. The molecule has 6 heteroatoms. The van der Waals surface area contributed by atoms with Gasteiger partial charge in [0.05, 0.1) is 5.69 Å². The van der Waals surface area contributed by atoms with Crippen molar-refractivity contribution in [2.75, 3.05) is 11.9 Å². The van der Waals surface area contributed by atoms with E-state index < -0.39 is 11.6 Å². The van der Waals surface area contributed by atoms with E-state index >= 15 is 0 Å². The van der Waals surface area contributed by atoms with Gasteiger partial charge in [-0.1, -0.05) is 30.3 Å². The molecule has 3 rings (SSSR count). The molecule has 2 N–H and O–H groups in total. The molecule has 1 aromatic heterocycles. The van der Waals surface area contributed by atoms with E-state index in [1.54, 1.807) is 6.07 Å². The maximum atomic E-state index is 13.7. The van der Waals surface area contributed by atoms with E-state index in [1.165, 1.54) is 18.3 Å². The van der Waals surface area contributed by atoms with Crippen LogP contribution in [0.25, 0.3) is 0 Å². The number of carbonyl (C=O) groups is 1. The highest BCUT2D eigenvalue weighted by Crippen LogP contribution is 2.20. The van der Waals surface area contributed by atoms with Gasteiger partial charge in [0, 0.05) is 24.5 Å². The molecule has 1 amide bonds. The molecule has 0 fully saturated rings. The van der Waals surface area contributed by atoms with Crippen LogP contribution in [0.1, 0.15) is 16.1 Å². The largest absolute Gasteiger partial charge is 0.353 e. The lowest BCUT2D eigenvalue weighted by Crippen LogP contribution is -2.26. The van der Waals surface area contributed by atoms with Gasteiger partial charge >= 0.3 is 0 Å². The highest BCUT2D eigenvalue weighted by atomic mass is 19.1. The number of nitrogens with one attached hydrogen (secondary N) is 2. The fourth-order valence-electron chi connectivity index (χ4n) is 2.43. The molecule has 0 aliphatic carbocycles. The molecule has 2 aromatic carbocycles. The molecule has 0 aliphatic heterocycles. The van der Waals surface area contributed by atoms with Crippen LogP contribution < -0.4 is 10.6 Å². The molecule has 4 nitrogen and oxygen atoms in total. The molecular formula is C20H17F2N3O. The molecule has 0 aliphatic rings. The van der Waals surface area contributed by atoms with Crippen molar-refractivity contribution >= 4 is 17.3 Å². The Labute approximate surface area is 149 Å². The van der Waals surface area contributed by atoms with Gasteiger partial charge in [0.25, 0.3) is 5.91 Å². The van der Waals surface area contributed by atoms with Gasteiger partial charge < -0.3 is 10.6 Å². The van der Waals surface area contributed by atoms with E-state index in [0.29, 0.717) is 18.7 Å². The predicted octanol–water partition coefficient (Wildman–Crippen LogP) is 4.08. The second kappa shape index (κ2) is 8.20. The molecule has 0 saturated heterocycles. The van der Waals surface area contributed by atoms with Crippen molar-refractivity contribution in [1.82, 2.24) is 10.3 Å². The minimum absolute atomic E-state index is 0.119. The smallest absolute Gasteiger partial charge is 0.269 e. The first kappa shape index (κ1) is 17.5. The first-order valence-electron chi connectivity index (χ1n) is 8.12. The molecule has 3 aromatic rings. The normalized spacial score (nSPS) is 10.4. The van der Waals surface area contributed by atoms with E-state index in [0.717, 1.165) is 17.7 Å². The maximum absolute atomic E-state index is 13.7. The monoisotopic (exact) mass is 353 g/mol. The van der Waals surface area contributed by atoms with Gasteiger partial charge in [-0.2, -0.15) is 0 Å². The summed E-state index contributed by atoms with van der Waals surface area (Å²) in [7, 11) is 0. The molecule has 0 saturated carbocycles. The van der Waals surface area contributed by atoms with Crippen LogP contribution in [0.15, 0.2) is 66.9 Å². The molecule has 0 bridgehead atoms. The first-order valence-corrected chi connectivity index (χ1v) is 8.12. The highest BCUT2D eigenvalue weighted by Gasteiger charge is 2.09. The molecular weight excluding hydrogens is 336 g/mol. The fraction of sp³-hybridized carbons (Fsp3) is 0.100. The Bertz CT molecular complexity index is 901. The van der Waals surface area contributed by atoms with Gasteiger partial charge in [0.15, 0.2) is 0 Å². The Hall–Kier alpha value is -3.28. The van der Waals surface area contributed by atoms with Gasteiger partial charge in [0.1, 0.15) is 17.3 Å². The Balaban J connectivity index is 1.62. The summed E-state index contributed by atoms with van der Waals surface area (Å²) in [6.45, 7) is 0.481. The zero-order valence-corrected chi connectivity index (χ0v) is 13.9. The zero-order chi connectivity index (χ0) is 18.4. The number of hydrogen-bond acceptors (Lipinski definition) is 3. The summed E-state index contributed by atoms with van der Waals surface area (Å²) >= 11 is 0. The van der Waals surface area contributed by atoms with Gasteiger partial charge in [0.2, 0.25) is 0 Å². The molecule has 0 radical (unpaired) electrons. The molecule has 1 heterocycles. The first-order chi connectivity index (χ1) is 12.6. The number of carbonyl (C=O) groups excluding carboxylic acids is 1. The molecule has 0 unspecified atom stereocenters. The third-order valence-electron chi connectivity index (χ3n) is 3.74. The summed E-state index contributed by atoms with van der Waals surface area (Å²) in [5, 5.41) is 5.62. The van der Waals surface area contributed by atoms with Crippen LogP contribution in [-0.4, -0.2) is 17.4 Å². The van der Waals surface area contributed by atoms with Crippen molar-refractivity contribution in [2.45, 2.75) is 6.42 Å². The summed E-state index contributed by atoms with van der Waals surface area (Å²) < 4.78 is 26.7. The topological polar surface area (TPSA) is 54.0 Å². The number of pyridine rings is 1. The van der Waals surface area contributed by atoms with E-state index in [4.69, 9.17) is 0 Å². The highest BCUT2D eigenvalue weighted by molar-refractivity contribution is 5.93. The van der Waals surface area contributed by atoms with Crippen LogP contribution in [0, 0.1) is 11.6 Å². The second-order valence-corrected chi connectivity index (χ2v) is 5.67. The number of halogens is 2. The van der Waals surface area contributed by atoms with Gasteiger partial charge in [-0.3, -0.25) is 9.78 Å².